The topological polar surface area (TPSA) is 21.3 Å². The predicted molar refractivity (Wildman–Crippen MR) is 89.9 cm³/mol. The molecule has 0 amide bonds. The number of halogens is 1. The van der Waals surface area contributed by atoms with Crippen LogP contribution in [0.1, 0.15) is 36.9 Å². The van der Waals surface area contributed by atoms with Crippen molar-refractivity contribution in [2.75, 3.05) is 12.4 Å². The van der Waals surface area contributed by atoms with E-state index in [-0.39, 0.29) is 6.04 Å². The summed E-state index contributed by atoms with van der Waals surface area (Å²) in [5.74, 6) is 0. The summed E-state index contributed by atoms with van der Waals surface area (Å²) in [6.07, 6.45) is 2.19. The Morgan fingerprint density at radius 3 is 2.48 bits per heavy atom. The van der Waals surface area contributed by atoms with Crippen molar-refractivity contribution in [2.24, 2.45) is 0 Å². The Hall–Kier alpha value is -1.51. The zero-order valence-corrected chi connectivity index (χ0v) is 13.4. The quantitative estimate of drug-likeness (QED) is 0.735. The number of hydrogen-bond acceptors (Lipinski definition) is 2. The van der Waals surface area contributed by atoms with E-state index in [1.54, 1.807) is 7.11 Å². The first kappa shape index (κ1) is 15.9. The summed E-state index contributed by atoms with van der Waals surface area (Å²) in [6, 6.07) is 16.6. The third-order valence-corrected chi connectivity index (χ3v) is 3.75. The van der Waals surface area contributed by atoms with Gasteiger partial charge in [-0.05, 0) is 30.2 Å². The Bertz CT molecular complexity index is 553. The van der Waals surface area contributed by atoms with Crippen LogP contribution in [0.4, 0.5) is 5.69 Å². The lowest BCUT2D eigenvalue weighted by molar-refractivity contribution is 0.185. The zero-order chi connectivity index (χ0) is 15.1. The number of methoxy groups -OCH3 is 1. The number of ether oxygens (including phenoxy) is 1. The Morgan fingerprint density at radius 2 is 1.81 bits per heavy atom. The highest BCUT2D eigenvalue weighted by Gasteiger charge is 2.12. The van der Waals surface area contributed by atoms with E-state index in [1.807, 2.05) is 24.3 Å². The minimum Gasteiger partial charge on any atom is -0.380 e. The Balaban J connectivity index is 2.22. The number of benzene rings is 2. The fraction of sp³-hybridized carbons (Fsp3) is 0.333. The lowest BCUT2D eigenvalue weighted by atomic mass is 10.0. The van der Waals surface area contributed by atoms with E-state index in [1.165, 1.54) is 11.1 Å². The van der Waals surface area contributed by atoms with Gasteiger partial charge in [-0.2, -0.15) is 0 Å². The largest absolute Gasteiger partial charge is 0.380 e. The predicted octanol–water partition coefficient (Wildman–Crippen LogP) is 5.44. The smallest absolute Gasteiger partial charge is 0.0733 e. The van der Waals surface area contributed by atoms with Crippen molar-refractivity contribution < 1.29 is 4.74 Å². The van der Waals surface area contributed by atoms with Gasteiger partial charge in [0, 0.05) is 23.4 Å². The van der Waals surface area contributed by atoms with Gasteiger partial charge in [-0.1, -0.05) is 55.3 Å². The van der Waals surface area contributed by atoms with Crippen LogP contribution in [0.25, 0.3) is 0 Å². The van der Waals surface area contributed by atoms with Gasteiger partial charge in [0.05, 0.1) is 12.6 Å². The molecule has 0 aliphatic rings. The number of rotatable bonds is 7. The molecular weight excluding hydrogens is 282 g/mol. The van der Waals surface area contributed by atoms with Crippen molar-refractivity contribution in [1.82, 2.24) is 0 Å². The summed E-state index contributed by atoms with van der Waals surface area (Å²) in [4.78, 5) is 0. The highest BCUT2D eigenvalue weighted by molar-refractivity contribution is 6.30. The summed E-state index contributed by atoms with van der Waals surface area (Å²) in [5, 5.41) is 4.42. The zero-order valence-electron chi connectivity index (χ0n) is 12.6. The SMILES string of the molecule is CCCC(Nc1ccccc1COC)c1ccc(Cl)cc1. The van der Waals surface area contributed by atoms with Crippen LogP contribution in [0.3, 0.4) is 0 Å². The van der Waals surface area contributed by atoms with Crippen LogP contribution in [0.15, 0.2) is 48.5 Å². The summed E-state index contributed by atoms with van der Waals surface area (Å²) in [5.41, 5.74) is 3.57. The van der Waals surface area contributed by atoms with Gasteiger partial charge in [0.15, 0.2) is 0 Å². The molecule has 0 radical (unpaired) electrons. The molecule has 0 saturated carbocycles. The highest BCUT2D eigenvalue weighted by Crippen LogP contribution is 2.27. The number of para-hydroxylation sites is 1. The summed E-state index contributed by atoms with van der Waals surface area (Å²) in [6.45, 7) is 2.81. The van der Waals surface area contributed by atoms with E-state index in [0.29, 0.717) is 6.61 Å². The van der Waals surface area contributed by atoms with E-state index in [9.17, 15) is 0 Å². The monoisotopic (exact) mass is 303 g/mol. The molecule has 0 spiro atoms. The van der Waals surface area contributed by atoms with Gasteiger partial charge < -0.3 is 10.1 Å². The molecule has 1 unspecified atom stereocenters. The number of anilines is 1. The molecule has 2 rings (SSSR count). The lowest BCUT2D eigenvalue weighted by Crippen LogP contribution is -2.12. The van der Waals surface area contributed by atoms with Crippen molar-refractivity contribution in [3.05, 3.63) is 64.7 Å². The second-order valence-corrected chi connectivity index (χ2v) is 5.56. The number of hydrogen-bond donors (Lipinski definition) is 1. The van der Waals surface area contributed by atoms with Gasteiger partial charge in [-0.3, -0.25) is 0 Å². The first-order chi connectivity index (χ1) is 10.2. The van der Waals surface area contributed by atoms with Gasteiger partial charge in [-0.15, -0.1) is 0 Å². The molecule has 0 fully saturated rings. The van der Waals surface area contributed by atoms with Gasteiger partial charge in [0.2, 0.25) is 0 Å². The van der Waals surface area contributed by atoms with Crippen LogP contribution in [0.5, 0.6) is 0 Å². The van der Waals surface area contributed by atoms with Crippen LogP contribution < -0.4 is 5.32 Å². The maximum absolute atomic E-state index is 5.98. The average molecular weight is 304 g/mol. The van der Waals surface area contributed by atoms with Crippen molar-refractivity contribution in [3.8, 4) is 0 Å². The lowest BCUT2D eigenvalue weighted by Gasteiger charge is -2.22. The molecule has 2 aromatic carbocycles. The van der Waals surface area contributed by atoms with Crippen LogP contribution in [-0.2, 0) is 11.3 Å². The molecule has 21 heavy (non-hydrogen) atoms. The van der Waals surface area contributed by atoms with E-state index in [4.69, 9.17) is 16.3 Å². The van der Waals surface area contributed by atoms with Gasteiger partial charge in [-0.25, -0.2) is 0 Å². The van der Waals surface area contributed by atoms with Crippen molar-refractivity contribution in [2.45, 2.75) is 32.4 Å². The molecule has 0 heterocycles. The van der Waals surface area contributed by atoms with Crippen LogP contribution in [-0.4, -0.2) is 7.11 Å². The Kier molecular flexibility index (Phi) is 6.09. The van der Waals surface area contributed by atoms with Crippen LogP contribution in [0.2, 0.25) is 5.02 Å². The molecule has 1 atom stereocenters. The standard InChI is InChI=1S/C18H22ClNO/c1-3-6-17(14-9-11-16(19)12-10-14)20-18-8-5-4-7-15(18)13-21-2/h4-5,7-12,17,20H,3,6,13H2,1-2H3. The summed E-state index contributed by atoms with van der Waals surface area (Å²) < 4.78 is 5.27. The first-order valence-corrected chi connectivity index (χ1v) is 7.71. The minimum atomic E-state index is 0.283. The normalized spacial score (nSPS) is 12.1. The van der Waals surface area contributed by atoms with Crippen LogP contribution in [0, 0.1) is 0 Å². The Labute approximate surface area is 132 Å². The van der Waals surface area contributed by atoms with Gasteiger partial charge >= 0.3 is 0 Å². The van der Waals surface area contributed by atoms with Gasteiger partial charge in [0.1, 0.15) is 0 Å². The third kappa shape index (κ3) is 4.48. The molecule has 1 N–H and O–H groups in total. The third-order valence-electron chi connectivity index (χ3n) is 3.50. The summed E-state index contributed by atoms with van der Waals surface area (Å²) >= 11 is 5.98. The molecule has 0 aromatic heterocycles. The number of nitrogens with one attached hydrogen (secondary N) is 1. The maximum atomic E-state index is 5.98. The van der Waals surface area contributed by atoms with E-state index < -0.39 is 0 Å². The molecule has 2 aromatic rings. The van der Waals surface area contributed by atoms with E-state index >= 15 is 0 Å². The van der Waals surface area contributed by atoms with Gasteiger partial charge in [0.25, 0.3) is 0 Å². The molecule has 0 aliphatic carbocycles. The van der Waals surface area contributed by atoms with E-state index in [0.717, 1.165) is 23.6 Å². The van der Waals surface area contributed by atoms with Crippen LogP contribution >= 0.6 is 11.6 Å². The molecule has 2 nitrogen and oxygen atoms in total. The second kappa shape index (κ2) is 8.06. The molecule has 0 saturated heterocycles. The molecule has 112 valence electrons. The summed E-state index contributed by atoms with van der Waals surface area (Å²) in [7, 11) is 1.72. The molecule has 0 bridgehead atoms. The molecule has 0 aliphatic heterocycles. The highest BCUT2D eigenvalue weighted by atomic mass is 35.5. The maximum Gasteiger partial charge on any atom is 0.0733 e. The van der Waals surface area contributed by atoms with Crippen molar-refractivity contribution in [3.63, 3.8) is 0 Å². The molecular formula is C18H22ClNO. The fourth-order valence-corrected chi connectivity index (χ4v) is 2.56. The average Bonchev–Trinajstić information content (AvgIpc) is 2.50. The first-order valence-electron chi connectivity index (χ1n) is 7.33. The fourth-order valence-electron chi connectivity index (χ4n) is 2.44. The van der Waals surface area contributed by atoms with Crippen molar-refractivity contribution >= 4 is 17.3 Å². The van der Waals surface area contributed by atoms with E-state index in [2.05, 4.69) is 36.5 Å². The minimum absolute atomic E-state index is 0.283. The Morgan fingerprint density at radius 1 is 1.10 bits per heavy atom. The van der Waals surface area contributed by atoms with Crippen molar-refractivity contribution in [1.29, 1.82) is 0 Å². The second-order valence-electron chi connectivity index (χ2n) is 5.13. The molecule has 3 heteroatoms.